The third kappa shape index (κ3) is 4.55. The van der Waals surface area contributed by atoms with Crippen molar-refractivity contribution in [1.82, 2.24) is 15.0 Å². The van der Waals surface area contributed by atoms with E-state index in [2.05, 4.69) is 25.6 Å². The first-order valence-electron chi connectivity index (χ1n) is 6.76. The van der Waals surface area contributed by atoms with E-state index >= 15 is 0 Å². The summed E-state index contributed by atoms with van der Waals surface area (Å²) in [6.07, 6.45) is 0.741. The Morgan fingerprint density at radius 3 is 2.48 bits per heavy atom. The van der Waals surface area contributed by atoms with Crippen molar-refractivity contribution < 1.29 is 9.13 Å². The van der Waals surface area contributed by atoms with Gasteiger partial charge in [0, 0.05) is 13.6 Å². The summed E-state index contributed by atoms with van der Waals surface area (Å²) >= 11 is 0. The van der Waals surface area contributed by atoms with Crippen molar-refractivity contribution in [2.24, 2.45) is 0 Å². The first-order valence-corrected chi connectivity index (χ1v) is 6.76. The van der Waals surface area contributed by atoms with Gasteiger partial charge in [-0.2, -0.15) is 15.0 Å². The summed E-state index contributed by atoms with van der Waals surface area (Å²) in [5.41, 5.74) is 1.04. The first-order chi connectivity index (χ1) is 10.2. The molecule has 1 heterocycles. The van der Waals surface area contributed by atoms with Crippen molar-refractivity contribution in [3.05, 3.63) is 35.6 Å². The summed E-state index contributed by atoms with van der Waals surface area (Å²) in [5.74, 6) is 0.654. The molecule has 6 nitrogen and oxygen atoms in total. The molecule has 0 atom stereocenters. The normalized spacial score (nSPS) is 10.2. The number of hydrogen-bond acceptors (Lipinski definition) is 6. The number of ether oxygens (including phenoxy) is 1. The lowest BCUT2D eigenvalue weighted by molar-refractivity contribution is 0.312. The fourth-order valence-electron chi connectivity index (χ4n) is 1.71. The monoisotopic (exact) mass is 291 g/mol. The van der Waals surface area contributed by atoms with Gasteiger partial charge in [0.2, 0.25) is 11.9 Å². The molecule has 0 aliphatic rings. The fourth-order valence-corrected chi connectivity index (χ4v) is 1.71. The zero-order valence-electron chi connectivity index (χ0n) is 12.1. The Bertz CT molecular complexity index is 576. The minimum Gasteiger partial charge on any atom is -0.464 e. The maximum absolute atomic E-state index is 12.8. The number of anilines is 2. The van der Waals surface area contributed by atoms with Crippen LogP contribution in [-0.2, 0) is 6.42 Å². The van der Waals surface area contributed by atoms with Gasteiger partial charge < -0.3 is 15.4 Å². The summed E-state index contributed by atoms with van der Waals surface area (Å²) in [4.78, 5) is 12.4. The van der Waals surface area contributed by atoms with Gasteiger partial charge in [0.05, 0.1) is 6.61 Å². The maximum Gasteiger partial charge on any atom is 0.323 e. The summed E-state index contributed by atoms with van der Waals surface area (Å²) in [6, 6.07) is 6.69. The van der Waals surface area contributed by atoms with E-state index in [1.165, 1.54) is 12.1 Å². The molecule has 2 N–H and O–H groups in total. The van der Waals surface area contributed by atoms with E-state index in [-0.39, 0.29) is 11.8 Å². The number of hydrogen-bond donors (Lipinski definition) is 2. The van der Waals surface area contributed by atoms with E-state index in [1.807, 2.05) is 6.92 Å². The Labute approximate surface area is 122 Å². The van der Waals surface area contributed by atoms with Crippen LogP contribution in [0.4, 0.5) is 16.3 Å². The fraction of sp³-hybridized carbons (Fsp3) is 0.357. The number of halogens is 1. The maximum atomic E-state index is 12.8. The molecule has 0 saturated heterocycles. The number of rotatable bonds is 7. The second-order valence-corrected chi connectivity index (χ2v) is 4.25. The molecule has 0 fully saturated rings. The van der Waals surface area contributed by atoms with E-state index in [0.29, 0.717) is 25.0 Å². The minimum atomic E-state index is -0.232. The van der Waals surface area contributed by atoms with Gasteiger partial charge >= 0.3 is 6.01 Å². The highest BCUT2D eigenvalue weighted by molar-refractivity contribution is 5.35. The van der Waals surface area contributed by atoms with Crippen molar-refractivity contribution >= 4 is 11.9 Å². The van der Waals surface area contributed by atoms with E-state index in [1.54, 1.807) is 19.2 Å². The molecule has 0 aliphatic heterocycles. The van der Waals surface area contributed by atoms with Crippen LogP contribution in [0.15, 0.2) is 24.3 Å². The Balaban J connectivity index is 1.95. The molecule has 7 heteroatoms. The Morgan fingerprint density at radius 1 is 1.10 bits per heavy atom. The smallest absolute Gasteiger partial charge is 0.323 e. The van der Waals surface area contributed by atoms with Gasteiger partial charge in [0.1, 0.15) is 5.82 Å². The lowest BCUT2D eigenvalue weighted by Gasteiger charge is -2.08. The van der Waals surface area contributed by atoms with Crippen molar-refractivity contribution in [2.75, 3.05) is 30.8 Å². The van der Waals surface area contributed by atoms with Crippen molar-refractivity contribution in [3.63, 3.8) is 0 Å². The molecule has 0 radical (unpaired) electrons. The van der Waals surface area contributed by atoms with Crippen molar-refractivity contribution in [3.8, 4) is 6.01 Å². The number of nitrogens with zero attached hydrogens (tertiary/aromatic N) is 3. The molecule has 2 rings (SSSR count). The molecule has 2 aromatic rings. The first kappa shape index (κ1) is 15.0. The van der Waals surface area contributed by atoms with E-state index < -0.39 is 0 Å². The molecule has 0 unspecified atom stereocenters. The summed E-state index contributed by atoms with van der Waals surface area (Å²) in [7, 11) is 1.73. The zero-order chi connectivity index (χ0) is 15.1. The summed E-state index contributed by atoms with van der Waals surface area (Å²) in [6.45, 7) is 2.98. The highest BCUT2D eigenvalue weighted by atomic mass is 19.1. The average molecular weight is 291 g/mol. The molecular formula is C14H18FN5O. The topological polar surface area (TPSA) is 72.0 Å². The molecule has 21 heavy (non-hydrogen) atoms. The highest BCUT2D eigenvalue weighted by Gasteiger charge is 2.05. The molecule has 0 spiro atoms. The van der Waals surface area contributed by atoms with Gasteiger partial charge in [-0.1, -0.05) is 12.1 Å². The quantitative estimate of drug-likeness (QED) is 0.814. The van der Waals surface area contributed by atoms with Crippen molar-refractivity contribution in [2.45, 2.75) is 13.3 Å². The SMILES string of the molecule is CCOc1nc(NC)nc(NCCc2ccc(F)cc2)n1. The van der Waals surface area contributed by atoms with Crippen LogP contribution in [0.1, 0.15) is 12.5 Å². The van der Waals surface area contributed by atoms with Gasteiger partial charge in [-0.25, -0.2) is 4.39 Å². The molecule has 112 valence electrons. The number of nitrogens with one attached hydrogen (secondary N) is 2. The second kappa shape index (κ2) is 7.37. The van der Waals surface area contributed by atoms with Gasteiger partial charge in [-0.05, 0) is 31.0 Å². The molecule has 0 saturated carbocycles. The molecular weight excluding hydrogens is 273 g/mol. The number of benzene rings is 1. The largest absolute Gasteiger partial charge is 0.464 e. The average Bonchev–Trinajstić information content (AvgIpc) is 2.49. The van der Waals surface area contributed by atoms with E-state index in [9.17, 15) is 4.39 Å². The summed E-state index contributed by atoms with van der Waals surface area (Å²) in [5, 5.41) is 5.96. The van der Waals surface area contributed by atoms with E-state index in [4.69, 9.17) is 4.74 Å². The van der Waals surface area contributed by atoms with Gasteiger partial charge in [-0.15, -0.1) is 0 Å². The van der Waals surface area contributed by atoms with Gasteiger partial charge in [0.15, 0.2) is 0 Å². The molecule has 1 aromatic heterocycles. The van der Waals surface area contributed by atoms with Crippen LogP contribution in [0, 0.1) is 5.82 Å². The molecule has 0 aliphatic carbocycles. The lowest BCUT2D eigenvalue weighted by atomic mass is 10.1. The van der Waals surface area contributed by atoms with Crippen LogP contribution in [0.25, 0.3) is 0 Å². The molecule has 0 bridgehead atoms. The van der Waals surface area contributed by atoms with Crippen molar-refractivity contribution in [1.29, 1.82) is 0 Å². The molecule has 1 aromatic carbocycles. The van der Waals surface area contributed by atoms with E-state index in [0.717, 1.165) is 12.0 Å². The van der Waals surface area contributed by atoms with Gasteiger partial charge in [-0.3, -0.25) is 0 Å². The predicted octanol–water partition coefficient (Wildman–Crippen LogP) is 2.11. The van der Waals surface area contributed by atoms with Crippen LogP contribution < -0.4 is 15.4 Å². The van der Waals surface area contributed by atoms with Crippen LogP contribution >= 0.6 is 0 Å². The lowest BCUT2D eigenvalue weighted by Crippen LogP contribution is -2.11. The van der Waals surface area contributed by atoms with Crippen LogP contribution in [-0.4, -0.2) is 35.2 Å². The Kier molecular flexibility index (Phi) is 5.25. The molecule has 0 amide bonds. The Hall–Kier alpha value is -2.44. The minimum absolute atomic E-state index is 0.232. The van der Waals surface area contributed by atoms with Crippen LogP contribution in [0.5, 0.6) is 6.01 Å². The van der Waals surface area contributed by atoms with Crippen LogP contribution in [0.3, 0.4) is 0 Å². The third-order valence-corrected chi connectivity index (χ3v) is 2.72. The predicted molar refractivity (Wildman–Crippen MR) is 79.1 cm³/mol. The Morgan fingerprint density at radius 2 is 1.81 bits per heavy atom. The number of aromatic nitrogens is 3. The zero-order valence-corrected chi connectivity index (χ0v) is 12.1. The van der Waals surface area contributed by atoms with Crippen LogP contribution in [0.2, 0.25) is 0 Å². The van der Waals surface area contributed by atoms with Gasteiger partial charge in [0.25, 0.3) is 0 Å². The summed E-state index contributed by atoms with van der Waals surface area (Å²) < 4.78 is 18.1. The second-order valence-electron chi connectivity index (χ2n) is 4.25. The standard InChI is InChI=1S/C14H18FN5O/c1-3-21-14-19-12(16-2)18-13(20-14)17-9-8-10-4-6-11(15)7-5-10/h4-7H,3,8-9H2,1-2H3,(H2,16,17,18,19,20). The highest BCUT2D eigenvalue weighted by Crippen LogP contribution is 2.11. The third-order valence-electron chi connectivity index (χ3n) is 2.72.